The second kappa shape index (κ2) is 17.0. The molecule has 0 spiro atoms. The van der Waals surface area contributed by atoms with Crippen LogP contribution >= 0.6 is 23.2 Å². The number of hydrogen-bond acceptors (Lipinski definition) is 11. The van der Waals surface area contributed by atoms with Gasteiger partial charge in [-0.2, -0.15) is 0 Å². The summed E-state index contributed by atoms with van der Waals surface area (Å²) in [7, 11) is 2.67. The van der Waals surface area contributed by atoms with Crippen LogP contribution in [0.5, 0.6) is 23.0 Å². The van der Waals surface area contributed by atoms with Gasteiger partial charge in [-0.25, -0.2) is 0 Å². The molecule has 0 radical (unpaired) electrons. The van der Waals surface area contributed by atoms with Gasteiger partial charge in [0.15, 0.2) is 0 Å². The summed E-state index contributed by atoms with van der Waals surface area (Å²) < 4.78 is 20.9. The highest BCUT2D eigenvalue weighted by Crippen LogP contribution is 2.32. The number of methoxy groups -OCH3 is 2. The van der Waals surface area contributed by atoms with Crippen molar-refractivity contribution in [3.8, 4) is 23.0 Å². The van der Waals surface area contributed by atoms with Crippen LogP contribution in [0.25, 0.3) is 0 Å². The number of rotatable bonds is 12. The molecule has 0 amide bonds. The van der Waals surface area contributed by atoms with Gasteiger partial charge in [-0.1, -0.05) is 0 Å². The third-order valence-corrected chi connectivity index (χ3v) is 6.81. The Morgan fingerprint density at radius 1 is 0.553 bits per heavy atom. The lowest BCUT2D eigenvalue weighted by molar-refractivity contribution is -0.176. The van der Waals surface area contributed by atoms with E-state index in [2.05, 4.69) is 0 Å². The van der Waals surface area contributed by atoms with Crippen LogP contribution in [0, 0.1) is 0 Å². The quantitative estimate of drug-likeness (QED) is 0.0487. The maximum absolute atomic E-state index is 13.1. The molecular weight excluding hydrogens is 655 g/mol. The third kappa shape index (κ3) is 9.47. The van der Waals surface area contributed by atoms with Crippen LogP contribution in [-0.2, 0) is 24.8 Å². The Labute approximate surface area is 279 Å². The number of Topliss-reactive ketones (excluding diaryl/α,β-unsaturated/α-hetero) is 3. The number of alkyl halides is 2. The van der Waals surface area contributed by atoms with Crippen molar-refractivity contribution in [2.45, 2.75) is 5.79 Å². The van der Waals surface area contributed by atoms with Crippen molar-refractivity contribution in [1.82, 2.24) is 0 Å². The van der Waals surface area contributed by atoms with E-state index in [0.29, 0.717) is 5.56 Å². The van der Waals surface area contributed by atoms with Crippen molar-refractivity contribution in [2.24, 2.45) is 0 Å². The molecular formula is C34H28Cl2O11. The zero-order valence-electron chi connectivity index (χ0n) is 25.0. The number of aromatic hydroxyl groups is 2. The van der Waals surface area contributed by atoms with Crippen molar-refractivity contribution >= 4 is 52.5 Å². The first-order chi connectivity index (χ1) is 22.5. The number of benzene rings is 4. The van der Waals surface area contributed by atoms with Gasteiger partial charge >= 0.3 is 11.9 Å². The number of carbonyl (C=O) groups excluding carboxylic acids is 5. The fraction of sp³-hybridized carbons (Fsp3) is 0.147. The SMILES string of the molecule is COC(OC)(C(=O)c1ccc(OC(=O)CCl)cc1)c1ccc(OC(=O)CCl)cc1.O=C(C(=O)c1ccc(O)cc1)c1ccc(O)cc1. The molecule has 0 saturated carbocycles. The molecule has 0 aromatic heterocycles. The predicted molar refractivity (Wildman–Crippen MR) is 170 cm³/mol. The number of halogens is 2. The second-order valence-electron chi connectivity index (χ2n) is 9.37. The lowest BCUT2D eigenvalue weighted by Crippen LogP contribution is -2.40. The summed E-state index contributed by atoms with van der Waals surface area (Å²) >= 11 is 10.8. The Morgan fingerprint density at radius 2 is 0.894 bits per heavy atom. The monoisotopic (exact) mass is 682 g/mol. The highest BCUT2D eigenvalue weighted by Gasteiger charge is 2.41. The molecule has 4 aromatic rings. The van der Waals surface area contributed by atoms with E-state index in [9.17, 15) is 24.0 Å². The van der Waals surface area contributed by atoms with E-state index >= 15 is 0 Å². The van der Waals surface area contributed by atoms with E-state index < -0.39 is 35.1 Å². The number of hydrogen-bond donors (Lipinski definition) is 2. The van der Waals surface area contributed by atoms with E-state index in [1.807, 2.05) is 0 Å². The molecule has 0 atom stereocenters. The van der Waals surface area contributed by atoms with Crippen LogP contribution < -0.4 is 9.47 Å². The number of carbonyl (C=O) groups is 5. The van der Waals surface area contributed by atoms with Gasteiger partial charge in [-0.15, -0.1) is 23.2 Å². The van der Waals surface area contributed by atoms with E-state index in [0.717, 1.165) is 0 Å². The molecule has 0 unspecified atom stereocenters. The predicted octanol–water partition coefficient (Wildman–Crippen LogP) is 5.47. The van der Waals surface area contributed by atoms with E-state index in [-0.39, 0.29) is 51.4 Å². The summed E-state index contributed by atoms with van der Waals surface area (Å²) in [6.07, 6.45) is 0. The van der Waals surface area contributed by atoms with Crippen LogP contribution in [0.15, 0.2) is 97.1 Å². The number of phenolic OH excluding ortho intramolecular Hbond substituents is 2. The van der Waals surface area contributed by atoms with Gasteiger partial charge in [0, 0.05) is 36.5 Å². The van der Waals surface area contributed by atoms with Gasteiger partial charge in [0.25, 0.3) is 5.79 Å². The number of ketones is 3. The van der Waals surface area contributed by atoms with Gasteiger partial charge in [0.2, 0.25) is 17.3 Å². The minimum atomic E-state index is -1.73. The summed E-state index contributed by atoms with van der Waals surface area (Å²) in [5, 5.41) is 18.2. The molecule has 13 heteroatoms. The number of ether oxygens (including phenoxy) is 4. The summed E-state index contributed by atoms with van der Waals surface area (Å²) in [4.78, 5) is 59.4. The van der Waals surface area contributed by atoms with E-state index in [1.54, 1.807) is 12.1 Å². The lowest BCUT2D eigenvalue weighted by Gasteiger charge is -2.29. The molecule has 0 heterocycles. The molecule has 47 heavy (non-hydrogen) atoms. The third-order valence-electron chi connectivity index (χ3n) is 6.37. The van der Waals surface area contributed by atoms with Gasteiger partial charge < -0.3 is 29.2 Å². The Hall–Kier alpha value is -5.07. The van der Waals surface area contributed by atoms with Gasteiger partial charge in [0.1, 0.15) is 34.8 Å². The van der Waals surface area contributed by atoms with Crippen molar-refractivity contribution in [3.05, 3.63) is 119 Å². The molecule has 0 bridgehead atoms. The summed E-state index contributed by atoms with van der Waals surface area (Å²) in [5.41, 5.74) is 1.07. The molecule has 4 rings (SSSR count). The summed E-state index contributed by atoms with van der Waals surface area (Å²) in [6, 6.07) is 22.9. The molecule has 0 fully saturated rings. The highest BCUT2D eigenvalue weighted by atomic mass is 35.5. The smallest absolute Gasteiger partial charge is 0.326 e. The largest absolute Gasteiger partial charge is 0.508 e. The maximum atomic E-state index is 13.1. The van der Waals surface area contributed by atoms with Crippen LogP contribution in [0.1, 0.15) is 36.6 Å². The topological polar surface area (TPSA) is 163 Å². The Morgan fingerprint density at radius 3 is 1.23 bits per heavy atom. The number of esters is 2. The molecule has 4 aromatic carbocycles. The fourth-order valence-electron chi connectivity index (χ4n) is 4.05. The average Bonchev–Trinajstić information content (AvgIpc) is 3.10. The van der Waals surface area contributed by atoms with Crippen LogP contribution in [0.4, 0.5) is 0 Å². The Balaban J connectivity index is 0.000000284. The molecule has 11 nitrogen and oxygen atoms in total. The lowest BCUT2D eigenvalue weighted by atomic mass is 9.95. The zero-order valence-corrected chi connectivity index (χ0v) is 26.5. The van der Waals surface area contributed by atoms with Gasteiger partial charge in [-0.05, 0) is 97.1 Å². The first-order valence-corrected chi connectivity index (χ1v) is 14.6. The first kappa shape index (κ1) is 36.4. The zero-order chi connectivity index (χ0) is 34.6. The van der Waals surface area contributed by atoms with Crippen LogP contribution in [-0.4, -0.2) is 65.5 Å². The normalized spacial score (nSPS) is 10.6. The van der Waals surface area contributed by atoms with E-state index in [1.165, 1.54) is 99.1 Å². The number of phenols is 2. The minimum Gasteiger partial charge on any atom is -0.508 e. The molecule has 0 aliphatic carbocycles. The van der Waals surface area contributed by atoms with Gasteiger partial charge in [0.05, 0.1) is 0 Å². The van der Waals surface area contributed by atoms with Crippen LogP contribution in [0.3, 0.4) is 0 Å². The Kier molecular flexibility index (Phi) is 13.2. The minimum absolute atomic E-state index is 0.0311. The van der Waals surface area contributed by atoms with Crippen molar-refractivity contribution in [3.63, 3.8) is 0 Å². The maximum Gasteiger partial charge on any atom is 0.326 e. The van der Waals surface area contributed by atoms with E-state index in [4.69, 9.17) is 52.4 Å². The standard InChI is InChI=1S/C20H18Cl2O7.C14H10O4/c1-26-20(27-2,14-5-9-16(10-6-14)29-18(24)12-22)19(25)13-3-7-15(8-4-13)28-17(23)11-21;15-11-5-1-9(2-6-11)13(17)14(18)10-3-7-12(16)8-4-10/h3-10H,11-12H2,1-2H3;1-8,15-16H. The fourth-order valence-corrected chi connectivity index (χ4v) is 4.16. The summed E-state index contributed by atoms with van der Waals surface area (Å²) in [5.74, 6) is -4.72. The van der Waals surface area contributed by atoms with Gasteiger partial charge in [-0.3, -0.25) is 24.0 Å². The van der Waals surface area contributed by atoms with Crippen molar-refractivity contribution < 1.29 is 53.1 Å². The summed E-state index contributed by atoms with van der Waals surface area (Å²) in [6.45, 7) is 0. The molecule has 0 saturated heterocycles. The molecule has 0 aliphatic rings. The molecule has 0 aliphatic heterocycles. The average molecular weight is 683 g/mol. The molecule has 244 valence electrons. The van der Waals surface area contributed by atoms with Crippen molar-refractivity contribution in [1.29, 1.82) is 0 Å². The second-order valence-corrected chi connectivity index (χ2v) is 9.90. The first-order valence-electron chi connectivity index (χ1n) is 13.5. The van der Waals surface area contributed by atoms with Crippen LogP contribution in [0.2, 0.25) is 0 Å². The van der Waals surface area contributed by atoms with Crippen molar-refractivity contribution in [2.75, 3.05) is 26.0 Å². The molecule has 2 N–H and O–H groups in total. The Bertz CT molecular complexity index is 1640. The highest BCUT2D eigenvalue weighted by molar-refractivity contribution is 6.49.